The summed E-state index contributed by atoms with van der Waals surface area (Å²) in [4.78, 5) is 7.04. The number of para-hydroxylation sites is 2. The maximum Gasteiger partial charge on any atom is 0.0543 e. The molecule has 2 aliphatic rings. The van der Waals surface area contributed by atoms with E-state index in [2.05, 4.69) is 116 Å². The second-order valence-corrected chi connectivity index (χ2v) is 11.2. The molecular weight excluding hydrogens is 641 g/mol. The molecule has 0 saturated heterocycles. The van der Waals surface area contributed by atoms with Crippen LogP contribution in [0.3, 0.4) is 0 Å². The van der Waals surface area contributed by atoms with E-state index in [1.165, 1.54) is 50.4 Å². The van der Waals surface area contributed by atoms with Crippen LogP contribution in [0.2, 0.25) is 0 Å². The van der Waals surface area contributed by atoms with Crippen LogP contribution in [0.4, 0.5) is 17.1 Å². The normalized spacial score (nSPS) is 15.5. The fraction of sp³-hybridized carbons (Fsp3) is 0.171. The molecule has 1 radical (unpaired) electrons. The molecule has 0 N–H and O–H groups in total. The van der Waals surface area contributed by atoms with Gasteiger partial charge in [0.25, 0.3) is 0 Å². The molecule has 2 nitrogen and oxygen atoms in total. The molecule has 2 aliphatic heterocycles. The van der Waals surface area contributed by atoms with Gasteiger partial charge >= 0.3 is 0 Å². The first kappa shape index (κ1) is 24.8. The Kier molecular flexibility index (Phi) is 5.72. The summed E-state index contributed by atoms with van der Waals surface area (Å²) in [5.41, 5.74) is 13.5. The first-order chi connectivity index (χ1) is 17.9. The van der Waals surface area contributed by atoms with E-state index in [1.807, 2.05) is 30.5 Å². The molecular formula is C35H29IrN2-. The molecule has 0 aliphatic carbocycles. The monoisotopic (exact) mass is 670 g/mol. The third kappa shape index (κ3) is 3.46. The number of rotatable bonds is 2. The quantitative estimate of drug-likeness (QED) is 0.175. The topological polar surface area (TPSA) is 16.1 Å². The van der Waals surface area contributed by atoms with Gasteiger partial charge in [-0.3, -0.25) is 0 Å². The molecule has 0 saturated carbocycles. The molecule has 4 aromatic carbocycles. The van der Waals surface area contributed by atoms with Crippen molar-refractivity contribution in [1.82, 2.24) is 4.98 Å². The molecule has 3 heterocycles. The molecule has 0 bridgehead atoms. The van der Waals surface area contributed by atoms with Gasteiger partial charge in [-0.1, -0.05) is 82.3 Å². The summed E-state index contributed by atoms with van der Waals surface area (Å²) >= 11 is 0. The van der Waals surface area contributed by atoms with Crippen molar-refractivity contribution in [2.75, 3.05) is 4.90 Å². The molecule has 3 heteroatoms. The fourth-order valence-electron chi connectivity index (χ4n) is 6.38. The Balaban J connectivity index is 0.00000264. The van der Waals surface area contributed by atoms with Gasteiger partial charge < -0.3 is 9.88 Å². The van der Waals surface area contributed by atoms with Crippen molar-refractivity contribution in [3.8, 4) is 22.4 Å². The van der Waals surface area contributed by atoms with Crippen LogP contribution in [0.1, 0.15) is 49.9 Å². The van der Waals surface area contributed by atoms with E-state index in [4.69, 9.17) is 0 Å². The van der Waals surface area contributed by atoms with Gasteiger partial charge in [0.1, 0.15) is 0 Å². The molecule has 7 rings (SSSR count). The number of pyridine rings is 1. The molecule has 0 unspecified atom stereocenters. The van der Waals surface area contributed by atoms with Gasteiger partial charge in [-0.15, -0.1) is 35.4 Å². The summed E-state index contributed by atoms with van der Waals surface area (Å²) in [7, 11) is 0. The van der Waals surface area contributed by atoms with E-state index in [0.29, 0.717) is 0 Å². The zero-order chi connectivity index (χ0) is 25.4. The van der Waals surface area contributed by atoms with Crippen molar-refractivity contribution in [3.63, 3.8) is 0 Å². The van der Waals surface area contributed by atoms with Gasteiger partial charge in [0.05, 0.1) is 17.1 Å². The molecule has 0 fully saturated rings. The smallest absolute Gasteiger partial charge is 0.0543 e. The zero-order valence-corrected chi connectivity index (χ0v) is 24.4. The van der Waals surface area contributed by atoms with Crippen molar-refractivity contribution in [1.29, 1.82) is 0 Å². The Morgan fingerprint density at radius 2 is 1.29 bits per heavy atom. The summed E-state index contributed by atoms with van der Waals surface area (Å²) in [6, 6.07) is 38.5. The Bertz CT molecular complexity index is 1680. The molecule has 38 heavy (non-hydrogen) atoms. The molecule has 0 atom stereocenters. The number of nitrogens with zero attached hydrogens (tertiary/aromatic N) is 2. The Morgan fingerprint density at radius 1 is 0.632 bits per heavy atom. The van der Waals surface area contributed by atoms with Crippen LogP contribution in [0.25, 0.3) is 22.4 Å². The van der Waals surface area contributed by atoms with Crippen LogP contribution in [0.5, 0.6) is 0 Å². The van der Waals surface area contributed by atoms with E-state index in [0.717, 1.165) is 11.3 Å². The van der Waals surface area contributed by atoms with E-state index in [-0.39, 0.29) is 30.9 Å². The Labute approximate surface area is 238 Å². The largest absolute Gasteiger partial charge is 0.309 e. The average molecular weight is 670 g/mol. The molecule has 0 amide bonds. The van der Waals surface area contributed by atoms with Gasteiger partial charge in [-0.05, 0) is 57.8 Å². The van der Waals surface area contributed by atoms with Crippen molar-refractivity contribution in [3.05, 3.63) is 132 Å². The minimum absolute atomic E-state index is 0. The van der Waals surface area contributed by atoms with E-state index < -0.39 is 0 Å². The standard InChI is InChI=1S/C35H29N2.Ir/c1-34(2)26-13-5-6-17-31(26)37-32-19-18-24(23-11-9-12-25(21-23)30-16-7-8-20-36-30)22-29(32)35(3,4)28-15-10-14-27(34)33(28)37;/h5-11,13-22H,1-4H3;/q-1;. The Hall–Kier alpha value is -3.52. The van der Waals surface area contributed by atoms with Crippen LogP contribution in [0.15, 0.2) is 103 Å². The number of hydrogen-bond acceptors (Lipinski definition) is 2. The molecule has 0 spiro atoms. The summed E-state index contributed by atoms with van der Waals surface area (Å²) in [6.07, 6.45) is 1.83. The summed E-state index contributed by atoms with van der Waals surface area (Å²) in [5, 5.41) is 0. The minimum Gasteiger partial charge on any atom is -0.309 e. The van der Waals surface area contributed by atoms with Crippen molar-refractivity contribution in [2.24, 2.45) is 0 Å². The third-order valence-electron chi connectivity index (χ3n) is 8.41. The number of benzene rings is 4. The second-order valence-electron chi connectivity index (χ2n) is 11.2. The maximum atomic E-state index is 4.53. The van der Waals surface area contributed by atoms with Crippen LogP contribution in [0, 0.1) is 6.07 Å². The van der Waals surface area contributed by atoms with Gasteiger partial charge in [-0.25, -0.2) is 0 Å². The zero-order valence-electron chi connectivity index (χ0n) is 22.0. The van der Waals surface area contributed by atoms with E-state index in [9.17, 15) is 0 Å². The summed E-state index contributed by atoms with van der Waals surface area (Å²) in [5.74, 6) is 0. The van der Waals surface area contributed by atoms with Crippen LogP contribution >= 0.6 is 0 Å². The first-order valence-corrected chi connectivity index (χ1v) is 13.0. The SMILES string of the molecule is CC1(C)c2ccccc2N2c3ccc(-c4cc[c-]c(-c5ccccn5)c4)cc3C(C)(C)c3cccc1c32.[Ir]. The number of fused-ring (bicyclic) bond motifs is 4. The summed E-state index contributed by atoms with van der Waals surface area (Å²) in [6.45, 7) is 9.45. The second kappa shape index (κ2) is 8.76. The van der Waals surface area contributed by atoms with Crippen LogP contribution < -0.4 is 4.90 Å². The van der Waals surface area contributed by atoms with Crippen molar-refractivity contribution in [2.45, 2.75) is 38.5 Å². The molecule has 1 aromatic heterocycles. The first-order valence-electron chi connectivity index (χ1n) is 13.0. The van der Waals surface area contributed by atoms with Crippen molar-refractivity contribution < 1.29 is 20.1 Å². The summed E-state index contributed by atoms with van der Waals surface area (Å²) < 4.78 is 0. The Morgan fingerprint density at radius 3 is 2.05 bits per heavy atom. The predicted octanol–water partition coefficient (Wildman–Crippen LogP) is 8.96. The number of hydrogen-bond donors (Lipinski definition) is 0. The average Bonchev–Trinajstić information content (AvgIpc) is 2.93. The van der Waals surface area contributed by atoms with Gasteiger partial charge in [0.15, 0.2) is 0 Å². The van der Waals surface area contributed by atoms with Gasteiger partial charge in [-0.2, -0.15) is 0 Å². The minimum atomic E-state index is -0.139. The van der Waals surface area contributed by atoms with Gasteiger partial charge in [0, 0.05) is 37.1 Å². The third-order valence-corrected chi connectivity index (χ3v) is 8.41. The van der Waals surface area contributed by atoms with Crippen LogP contribution in [-0.4, -0.2) is 4.98 Å². The molecule has 5 aromatic rings. The van der Waals surface area contributed by atoms with E-state index in [1.54, 1.807) is 0 Å². The van der Waals surface area contributed by atoms with Gasteiger partial charge in [0.2, 0.25) is 0 Å². The van der Waals surface area contributed by atoms with Crippen LogP contribution in [-0.2, 0) is 30.9 Å². The molecule has 189 valence electrons. The predicted molar refractivity (Wildman–Crippen MR) is 153 cm³/mol. The maximum absolute atomic E-state index is 4.53. The number of aromatic nitrogens is 1. The van der Waals surface area contributed by atoms with E-state index >= 15 is 0 Å². The van der Waals surface area contributed by atoms with Crippen molar-refractivity contribution >= 4 is 17.1 Å². The fourth-order valence-corrected chi connectivity index (χ4v) is 6.38. The number of anilines is 3.